The van der Waals surface area contributed by atoms with Crippen LogP contribution in [0.5, 0.6) is 5.75 Å². The summed E-state index contributed by atoms with van der Waals surface area (Å²) in [6.07, 6.45) is 0. The normalized spacial score (nSPS) is 9.59. The summed E-state index contributed by atoms with van der Waals surface area (Å²) in [5.74, 6) is -1.60. The van der Waals surface area contributed by atoms with Gasteiger partial charge in [0.05, 0.1) is 11.3 Å². The molecule has 0 fully saturated rings. The molecule has 0 radical (unpaired) electrons. The molecule has 2 N–H and O–H groups in total. The third kappa shape index (κ3) is 3.61. The minimum atomic E-state index is -0.804. The largest absolute Gasteiger partial charge is 0.507 e. The number of hydrogen-bond acceptors (Lipinski definition) is 5. The number of carbonyl (C=O) groups is 2. The van der Waals surface area contributed by atoms with Gasteiger partial charge in [-0.15, -0.1) is 0 Å². The number of amides is 1. The predicted octanol–water partition coefficient (Wildman–Crippen LogP) is 2.06. The first-order chi connectivity index (χ1) is 10.6. The summed E-state index contributed by atoms with van der Waals surface area (Å²) in [5, 5.41) is 20.9. The molecule has 0 aliphatic heterocycles. The molecule has 6 heteroatoms. The number of phenols is 1. The summed E-state index contributed by atoms with van der Waals surface area (Å²) in [4.78, 5) is 23.5. The summed E-state index contributed by atoms with van der Waals surface area (Å²) in [7, 11) is 0. The van der Waals surface area contributed by atoms with E-state index in [0.29, 0.717) is 11.3 Å². The van der Waals surface area contributed by atoms with E-state index >= 15 is 0 Å². The molecule has 0 saturated carbocycles. The van der Waals surface area contributed by atoms with Crippen LogP contribution < -0.4 is 5.32 Å². The fourth-order valence-electron chi connectivity index (χ4n) is 1.73. The van der Waals surface area contributed by atoms with Crippen molar-refractivity contribution in [3.8, 4) is 11.8 Å². The van der Waals surface area contributed by atoms with Crippen LogP contribution in [0.15, 0.2) is 48.5 Å². The number of para-hydroxylation sites is 2. The van der Waals surface area contributed by atoms with Crippen molar-refractivity contribution in [2.75, 3.05) is 11.9 Å². The first-order valence-electron chi connectivity index (χ1n) is 6.36. The van der Waals surface area contributed by atoms with Crippen molar-refractivity contribution in [2.45, 2.75) is 0 Å². The third-order valence-corrected chi connectivity index (χ3v) is 2.78. The van der Waals surface area contributed by atoms with Crippen molar-refractivity contribution in [3.05, 3.63) is 59.7 Å². The van der Waals surface area contributed by atoms with E-state index in [2.05, 4.69) is 5.32 Å². The monoisotopic (exact) mass is 296 g/mol. The Morgan fingerprint density at radius 3 is 2.55 bits per heavy atom. The number of phenolic OH excluding ortho intramolecular Hbond substituents is 1. The number of nitriles is 1. The summed E-state index contributed by atoms with van der Waals surface area (Å²) in [6, 6.07) is 14.3. The Bertz CT molecular complexity index is 750. The third-order valence-electron chi connectivity index (χ3n) is 2.78. The highest BCUT2D eigenvalue weighted by Crippen LogP contribution is 2.17. The predicted molar refractivity (Wildman–Crippen MR) is 78.2 cm³/mol. The molecule has 1 amide bonds. The maximum Gasteiger partial charge on any atom is 0.342 e. The van der Waals surface area contributed by atoms with Crippen molar-refractivity contribution in [3.63, 3.8) is 0 Å². The van der Waals surface area contributed by atoms with Crippen molar-refractivity contribution in [1.29, 1.82) is 5.26 Å². The number of hydrogen-bond donors (Lipinski definition) is 2. The number of nitrogens with one attached hydrogen (secondary N) is 1. The van der Waals surface area contributed by atoms with Gasteiger partial charge in [-0.2, -0.15) is 5.26 Å². The zero-order chi connectivity index (χ0) is 15.9. The molecule has 0 atom stereocenters. The molecule has 0 bridgehead atoms. The highest BCUT2D eigenvalue weighted by molar-refractivity contribution is 5.97. The lowest BCUT2D eigenvalue weighted by Crippen LogP contribution is -2.21. The van der Waals surface area contributed by atoms with Crippen LogP contribution in [0.1, 0.15) is 15.9 Å². The van der Waals surface area contributed by atoms with Crippen LogP contribution in [0.25, 0.3) is 0 Å². The van der Waals surface area contributed by atoms with E-state index < -0.39 is 18.5 Å². The van der Waals surface area contributed by atoms with E-state index in [1.54, 1.807) is 36.4 Å². The Kier molecular flexibility index (Phi) is 4.73. The average molecular weight is 296 g/mol. The highest BCUT2D eigenvalue weighted by Gasteiger charge is 2.14. The van der Waals surface area contributed by atoms with E-state index in [1.807, 2.05) is 6.07 Å². The molecule has 0 aliphatic carbocycles. The van der Waals surface area contributed by atoms with Gasteiger partial charge in [0.25, 0.3) is 5.91 Å². The second-order valence-corrected chi connectivity index (χ2v) is 4.30. The topological polar surface area (TPSA) is 99.4 Å². The van der Waals surface area contributed by atoms with E-state index in [0.717, 1.165) is 0 Å². The Morgan fingerprint density at radius 1 is 1.14 bits per heavy atom. The van der Waals surface area contributed by atoms with Crippen molar-refractivity contribution < 1.29 is 19.4 Å². The molecule has 2 rings (SSSR count). The number of carbonyl (C=O) groups excluding carboxylic acids is 2. The molecule has 0 aliphatic rings. The molecule has 6 nitrogen and oxygen atoms in total. The molecule has 0 spiro atoms. The standard InChI is InChI=1S/C16H12N2O4/c17-9-11-5-1-3-7-13(11)18-15(20)10-22-16(21)12-6-2-4-8-14(12)19/h1-8,19H,10H2,(H,18,20). The number of ether oxygens (including phenoxy) is 1. The summed E-state index contributed by atoms with van der Waals surface area (Å²) in [5.41, 5.74) is 0.629. The molecule has 110 valence electrons. The number of benzene rings is 2. The number of rotatable bonds is 4. The molecule has 2 aromatic carbocycles. The maximum atomic E-state index is 11.7. The van der Waals surface area contributed by atoms with Crippen LogP contribution in [0.3, 0.4) is 0 Å². The minimum absolute atomic E-state index is 0.0206. The van der Waals surface area contributed by atoms with Crippen LogP contribution in [0, 0.1) is 11.3 Å². The van der Waals surface area contributed by atoms with E-state index in [-0.39, 0.29) is 11.3 Å². The van der Waals surface area contributed by atoms with Crippen LogP contribution >= 0.6 is 0 Å². The number of esters is 1. The summed E-state index contributed by atoms with van der Waals surface area (Å²) >= 11 is 0. The Labute approximate surface area is 126 Å². The Morgan fingerprint density at radius 2 is 1.82 bits per heavy atom. The lowest BCUT2D eigenvalue weighted by atomic mass is 10.2. The molecule has 0 saturated heterocycles. The van der Waals surface area contributed by atoms with E-state index in [1.165, 1.54) is 12.1 Å². The van der Waals surface area contributed by atoms with Gasteiger partial charge >= 0.3 is 5.97 Å². The van der Waals surface area contributed by atoms with E-state index in [4.69, 9.17) is 10.00 Å². The summed E-state index contributed by atoms with van der Waals surface area (Å²) in [6.45, 7) is -0.521. The molecule has 0 heterocycles. The zero-order valence-corrected chi connectivity index (χ0v) is 11.4. The number of anilines is 1. The van der Waals surface area contributed by atoms with Crippen LogP contribution in [-0.2, 0) is 9.53 Å². The minimum Gasteiger partial charge on any atom is -0.507 e. The van der Waals surface area contributed by atoms with Crippen LogP contribution in [0.4, 0.5) is 5.69 Å². The highest BCUT2D eigenvalue weighted by atomic mass is 16.5. The summed E-state index contributed by atoms with van der Waals surface area (Å²) < 4.78 is 4.82. The van der Waals surface area contributed by atoms with Crippen molar-refractivity contribution >= 4 is 17.6 Å². The van der Waals surface area contributed by atoms with Gasteiger partial charge in [0, 0.05) is 0 Å². The van der Waals surface area contributed by atoms with Gasteiger partial charge in [-0.25, -0.2) is 4.79 Å². The zero-order valence-electron chi connectivity index (χ0n) is 11.4. The average Bonchev–Trinajstić information content (AvgIpc) is 2.53. The lowest BCUT2D eigenvalue weighted by Gasteiger charge is -2.08. The van der Waals surface area contributed by atoms with Gasteiger partial charge < -0.3 is 15.2 Å². The van der Waals surface area contributed by atoms with Gasteiger partial charge in [-0.3, -0.25) is 4.79 Å². The smallest absolute Gasteiger partial charge is 0.342 e. The quantitative estimate of drug-likeness (QED) is 0.841. The number of aromatic hydroxyl groups is 1. The second kappa shape index (κ2) is 6.90. The SMILES string of the molecule is N#Cc1ccccc1NC(=O)COC(=O)c1ccccc1O. The van der Waals surface area contributed by atoms with Gasteiger partial charge in [-0.1, -0.05) is 24.3 Å². The van der Waals surface area contributed by atoms with Crippen molar-refractivity contribution in [1.82, 2.24) is 0 Å². The molecule has 22 heavy (non-hydrogen) atoms. The van der Waals surface area contributed by atoms with E-state index in [9.17, 15) is 14.7 Å². The first kappa shape index (κ1) is 15.1. The van der Waals surface area contributed by atoms with Gasteiger partial charge in [0.1, 0.15) is 17.4 Å². The van der Waals surface area contributed by atoms with Crippen molar-refractivity contribution in [2.24, 2.45) is 0 Å². The molecular formula is C16H12N2O4. The van der Waals surface area contributed by atoms with Gasteiger partial charge in [-0.05, 0) is 24.3 Å². The molecule has 0 aromatic heterocycles. The molecule has 0 unspecified atom stereocenters. The second-order valence-electron chi connectivity index (χ2n) is 4.30. The van der Waals surface area contributed by atoms with Gasteiger partial charge in [0.15, 0.2) is 6.61 Å². The lowest BCUT2D eigenvalue weighted by molar-refractivity contribution is -0.119. The van der Waals surface area contributed by atoms with Crippen LogP contribution in [0.2, 0.25) is 0 Å². The number of nitrogens with zero attached hydrogens (tertiary/aromatic N) is 1. The van der Waals surface area contributed by atoms with Gasteiger partial charge in [0.2, 0.25) is 0 Å². The Balaban J connectivity index is 1.95. The fraction of sp³-hybridized carbons (Fsp3) is 0.0625. The molecular weight excluding hydrogens is 284 g/mol. The van der Waals surface area contributed by atoms with Crippen LogP contribution in [-0.4, -0.2) is 23.6 Å². The fourth-order valence-corrected chi connectivity index (χ4v) is 1.73. The maximum absolute atomic E-state index is 11.7. The first-order valence-corrected chi connectivity index (χ1v) is 6.36. The molecule has 2 aromatic rings. The Hall–Kier alpha value is -3.33.